The van der Waals surface area contributed by atoms with E-state index >= 15 is 0 Å². The molecule has 1 heteroatoms. The molecule has 0 atom stereocenters. The predicted octanol–water partition coefficient (Wildman–Crippen LogP) is 4.70. The van der Waals surface area contributed by atoms with Crippen molar-refractivity contribution in [3.63, 3.8) is 0 Å². The lowest BCUT2D eigenvalue weighted by Crippen LogP contribution is -1.95. The standard InChI is InChI=1S/C15H21N/c1-5-14(6-2)16-15(12(3)4)13-10-8-7-9-11-13/h7-11H,5-6H2,1-4H3. The van der Waals surface area contributed by atoms with Crippen LogP contribution in [0.2, 0.25) is 0 Å². The highest BCUT2D eigenvalue weighted by Gasteiger charge is 2.02. The van der Waals surface area contributed by atoms with E-state index in [1.165, 1.54) is 16.8 Å². The summed E-state index contributed by atoms with van der Waals surface area (Å²) in [6.07, 6.45) is 2.06. The van der Waals surface area contributed by atoms with Gasteiger partial charge in [-0.3, -0.25) is 4.99 Å². The van der Waals surface area contributed by atoms with Crippen molar-refractivity contribution < 1.29 is 0 Å². The minimum Gasteiger partial charge on any atom is -0.257 e. The van der Waals surface area contributed by atoms with Crippen molar-refractivity contribution >= 4 is 11.4 Å². The van der Waals surface area contributed by atoms with E-state index < -0.39 is 0 Å². The van der Waals surface area contributed by atoms with Gasteiger partial charge in [-0.15, -0.1) is 0 Å². The van der Waals surface area contributed by atoms with Gasteiger partial charge in [0.05, 0.1) is 5.70 Å². The van der Waals surface area contributed by atoms with Crippen LogP contribution < -0.4 is 0 Å². The zero-order valence-corrected chi connectivity index (χ0v) is 10.7. The Labute approximate surface area is 98.9 Å². The highest BCUT2D eigenvalue weighted by molar-refractivity contribution is 5.89. The van der Waals surface area contributed by atoms with Crippen LogP contribution in [0.3, 0.4) is 0 Å². The van der Waals surface area contributed by atoms with Crippen LogP contribution in [0, 0.1) is 0 Å². The molecule has 16 heavy (non-hydrogen) atoms. The normalized spacial score (nSPS) is 9.75. The zero-order chi connectivity index (χ0) is 12.0. The van der Waals surface area contributed by atoms with Crippen molar-refractivity contribution in [2.75, 3.05) is 0 Å². The minimum atomic E-state index is 1.03. The third kappa shape index (κ3) is 3.34. The minimum absolute atomic E-state index is 1.03. The van der Waals surface area contributed by atoms with Crippen LogP contribution in [0.25, 0.3) is 5.70 Å². The summed E-state index contributed by atoms with van der Waals surface area (Å²) in [6.45, 7) is 8.56. The summed E-state index contributed by atoms with van der Waals surface area (Å²) in [5.74, 6) is 0. The van der Waals surface area contributed by atoms with Crippen LogP contribution in [0.5, 0.6) is 0 Å². The molecular weight excluding hydrogens is 194 g/mol. The van der Waals surface area contributed by atoms with E-state index in [4.69, 9.17) is 4.99 Å². The van der Waals surface area contributed by atoms with E-state index in [1.54, 1.807) is 0 Å². The number of aliphatic imine (C=N–C) groups is 1. The van der Waals surface area contributed by atoms with Crippen LogP contribution in [0.4, 0.5) is 0 Å². The van der Waals surface area contributed by atoms with E-state index in [9.17, 15) is 0 Å². The molecule has 0 bridgehead atoms. The molecule has 0 spiro atoms. The average Bonchev–Trinajstić information content (AvgIpc) is 2.31. The third-order valence-electron chi connectivity index (χ3n) is 2.61. The fourth-order valence-electron chi connectivity index (χ4n) is 1.63. The van der Waals surface area contributed by atoms with Crippen molar-refractivity contribution in [3.05, 3.63) is 41.5 Å². The quantitative estimate of drug-likeness (QED) is 0.646. The van der Waals surface area contributed by atoms with Crippen LogP contribution in [-0.4, -0.2) is 5.71 Å². The first kappa shape index (κ1) is 12.7. The van der Waals surface area contributed by atoms with Crippen LogP contribution in [0.15, 0.2) is 40.9 Å². The van der Waals surface area contributed by atoms with E-state index in [0.29, 0.717) is 0 Å². The summed E-state index contributed by atoms with van der Waals surface area (Å²) in [7, 11) is 0. The lowest BCUT2D eigenvalue weighted by molar-refractivity contribution is 1.15. The van der Waals surface area contributed by atoms with Gasteiger partial charge >= 0.3 is 0 Å². The first-order valence-corrected chi connectivity index (χ1v) is 5.98. The molecule has 0 heterocycles. The molecule has 1 rings (SSSR count). The van der Waals surface area contributed by atoms with E-state index in [1.807, 2.05) is 6.07 Å². The first-order chi connectivity index (χ1) is 7.69. The van der Waals surface area contributed by atoms with Gasteiger partial charge < -0.3 is 0 Å². The molecule has 1 aromatic rings. The van der Waals surface area contributed by atoms with E-state index in [2.05, 4.69) is 52.0 Å². The van der Waals surface area contributed by atoms with Gasteiger partial charge in [-0.1, -0.05) is 49.8 Å². The Morgan fingerprint density at radius 1 is 1.00 bits per heavy atom. The van der Waals surface area contributed by atoms with Gasteiger partial charge in [-0.2, -0.15) is 0 Å². The lowest BCUT2D eigenvalue weighted by atomic mass is 10.1. The monoisotopic (exact) mass is 215 g/mol. The number of benzene rings is 1. The maximum absolute atomic E-state index is 4.78. The molecule has 0 saturated carbocycles. The summed E-state index contributed by atoms with van der Waals surface area (Å²) < 4.78 is 0. The summed E-state index contributed by atoms with van der Waals surface area (Å²) in [4.78, 5) is 4.78. The number of hydrogen-bond acceptors (Lipinski definition) is 1. The lowest BCUT2D eigenvalue weighted by Gasteiger charge is -2.07. The van der Waals surface area contributed by atoms with Gasteiger partial charge in [0.2, 0.25) is 0 Å². The van der Waals surface area contributed by atoms with Crippen molar-refractivity contribution in [3.8, 4) is 0 Å². The van der Waals surface area contributed by atoms with Crippen LogP contribution in [-0.2, 0) is 0 Å². The Morgan fingerprint density at radius 2 is 1.56 bits per heavy atom. The SMILES string of the molecule is CCC(CC)=NC(=C(C)C)c1ccccc1. The summed E-state index contributed by atoms with van der Waals surface area (Å²) in [5.41, 5.74) is 4.87. The van der Waals surface area contributed by atoms with Gasteiger partial charge in [-0.05, 0) is 26.7 Å². The molecule has 0 amide bonds. The van der Waals surface area contributed by atoms with Gasteiger partial charge in [0.15, 0.2) is 0 Å². The molecule has 1 nitrogen and oxygen atoms in total. The topological polar surface area (TPSA) is 12.4 Å². The molecule has 86 valence electrons. The van der Waals surface area contributed by atoms with E-state index in [0.717, 1.165) is 18.5 Å². The zero-order valence-electron chi connectivity index (χ0n) is 10.7. The smallest absolute Gasteiger partial charge is 0.0687 e. The Balaban J connectivity index is 3.13. The molecule has 0 aliphatic carbocycles. The number of allylic oxidation sites excluding steroid dienone is 1. The highest BCUT2D eigenvalue weighted by atomic mass is 14.8. The van der Waals surface area contributed by atoms with Crippen molar-refractivity contribution in [2.24, 2.45) is 4.99 Å². The van der Waals surface area contributed by atoms with Gasteiger partial charge in [0.1, 0.15) is 0 Å². The number of hydrogen-bond donors (Lipinski definition) is 0. The molecule has 0 fully saturated rings. The van der Waals surface area contributed by atoms with Gasteiger partial charge in [0.25, 0.3) is 0 Å². The Kier molecular flexibility index (Phi) is 4.97. The third-order valence-corrected chi connectivity index (χ3v) is 2.61. The average molecular weight is 215 g/mol. The van der Waals surface area contributed by atoms with Crippen LogP contribution >= 0.6 is 0 Å². The molecule has 0 unspecified atom stereocenters. The number of rotatable bonds is 4. The summed E-state index contributed by atoms with van der Waals surface area (Å²) in [6, 6.07) is 10.4. The molecule has 0 aliphatic heterocycles. The molecular formula is C15H21N. The fraction of sp³-hybridized carbons (Fsp3) is 0.400. The van der Waals surface area contributed by atoms with Crippen molar-refractivity contribution in [2.45, 2.75) is 40.5 Å². The second-order valence-corrected chi connectivity index (χ2v) is 4.10. The molecule has 0 saturated heterocycles. The van der Waals surface area contributed by atoms with Crippen molar-refractivity contribution in [1.29, 1.82) is 0 Å². The highest BCUT2D eigenvalue weighted by Crippen LogP contribution is 2.20. The summed E-state index contributed by atoms with van der Waals surface area (Å²) >= 11 is 0. The second-order valence-electron chi connectivity index (χ2n) is 4.10. The largest absolute Gasteiger partial charge is 0.257 e. The maximum Gasteiger partial charge on any atom is 0.0687 e. The van der Waals surface area contributed by atoms with Gasteiger partial charge in [0, 0.05) is 11.3 Å². The maximum atomic E-state index is 4.78. The van der Waals surface area contributed by atoms with E-state index in [-0.39, 0.29) is 0 Å². The summed E-state index contributed by atoms with van der Waals surface area (Å²) in [5, 5.41) is 0. The van der Waals surface area contributed by atoms with Crippen molar-refractivity contribution in [1.82, 2.24) is 0 Å². The first-order valence-electron chi connectivity index (χ1n) is 5.98. The predicted molar refractivity (Wildman–Crippen MR) is 72.7 cm³/mol. The van der Waals surface area contributed by atoms with Crippen LogP contribution in [0.1, 0.15) is 46.1 Å². The number of nitrogens with zero attached hydrogens (tertiary/aromatic N) is 1. The molecule has 0 N–H and O–H groups in total. The molecule has 1 aromatic carbocycles. The molecule has 0 aliphatic rings. The second kappa shape index (κ2) is 6.26. The molecule has 0 aromatic heterocycles. The fourth-order valence-corrected chi connectivity index (χ4v) is 1.63. The Morgan fingerprint density at radius 3 is 2.00 bits per heavy atom. The van der Waals surface area contributed by atoms with Gasteiger partial charge in [-0.25, -0.2) is 0 Å². The molecule has 0 radical (unpaired) electrons. The Hall–Kier alpha value is -1.37. The Bertz CT molecular complexity index is 375.